The number of hydrogen-bond donors (Lipinski definition) is 3. The van der Waals surface area contributed by atoms with Gasteiger partial charge in [0.1, 0.15) is 0 Å². The van der Waals surface area contributed by atoms with Gasteiger partial charge in [-0.25, -0.2) is 0 Å². The second-order valence-corrected chi connectivity index (χ2v) is 3.87. The number of aromatic nitrogens is 1. The highest BCUT2D eigenvalue weighted by molar-refractivity contribution is 5.96. The lowest BCUT2D eigenvalue weighted by atomic mass is 10.1. The summed E-state index contributed by atoms with van der Waals surface area (Å²) >= 11 is 0. The standard InChI is InChI=1S/C10H14N4O2/c1-10(2,11)9(16)14-13-8(15)7-4-3-5-12-6-7/h3-6H,11H2,1-2H3,(H,13,15)(H,14,16). The Morgan fingerprint density at radius 1 is 1.38 bits per heavy atom. The van der Waals surface area contributed by atoms with E-state index in [1.807, 2.05) is 0 Å². The van der Waals surface area contributed by atoms with Crippen molar-refractivity contribution in [2.45, 2.75) is 19.4 Å². The van der Waals surface area contributed by atoms with Crippen molar-refractivity contribution in [2.24, 2.45) is 5.73 Å². The van der Waals surface area contributed by atoms with Gasteiger partial charge in [-0.3, -0.25) is 25.4 Å². The van der Waals surface area contributed by atoms with Gasteiger partial charge in [0, 0.05) is 12.4 Å². The minimum absolute atomic E-state index is 0.359. The average Bonchev–Trinajstić information content (AvgIpc) is 2.25. The average molecular weight is 222 g/mol. The summed E-state index contributed by atoms with van der Waals surface area (Å²) in [7, 11) is 0. The Morgan fingerprint density at radius 2 is 2.06 bits per heavy atom. The summed E-state index contributed by atoms with van der Waals surface area (Å²) < 4.78 is 0. The quantitative estimate of drug-likeness (QED) is 0.592. The molecule has 4 N–H and O–H groups in total. The predicted molar refractivity (Wildman–Crippen MR) is 58.1 cm³/mol. The van der Waals surface area contributed by atoms with Gasteiger partial charge in [-0.1, -0.05) is 0 Å². The molecule has 6 nitrogen and oxygen atoms in total. The van der Waals surface area contributed by atoms with Gasteiger partial charge in [0.05, 0.1) is 11.1 Å². The number of carbonyl (C=O) groups is 2. The van der Waals surface area contributed by atoms with E-state index >= 15 is 0 Å². The van der Waals surface area contributed by atoms with Crippen LogP contribution in [-0.4, -0.2) is 22.3 Å². The third kappa shape index (κ3) is 3.32. The molecule has 0 atom stereocenters. The first-order valence-electron chi connectivity index (χ1n) is 4.71. The van der Waals surface area contributed by atoms with Crippen molar-refractivity contribution >= 4 is 11.8 Å². The van der Waals surface area contributed by atoms with Gasteiger partial charge in [0.25, 0.3) is 11.8 Å². The zero-order valence-electron chi connectivity index (χ0n) is 9.15. The van der Waals surface area contributed by atoms with E-state index in [1.165, 1.54) is 6.20 Å². The third-order valence-electron chi connectivity index (χ3n) is 1.80. The van der Waals surface area contributed by atoms with Crippen molar-refractivity contribution in [3.8, 4) is 0 Å². The number of amides is 2. The number of nitrogens with zero attached hydrogens (tertiary/aromatic N) is 1. The number of nitrogens with two attached hydrogens (primary N) is 1. The molecule has 0 bridgehead atoms. The Kier molecular flexibility index (Phi) is 3.57. The summed E-state index contributed by atoms with van der Waals surface area (Å²) in [6, 6.07) is 3.21. The van der Waals surface area contributed by atoms with E-state index in [1.54, 1.807) is 32.2 Å². The van der Waals surface area contributed by atoms with Crippen LogP contribution >= 0.6 is 0 Å². The third-order valence-corrected chi connectivity index (χ3v) is 1.80. The van der Waals surface area contributed by atoms with E-state index in [9.17, 15) is 9.59 Å². The molecule has 1 aromatic rings. The maximum absolute atomic E-state index is 11.5. The van der Waals surface area contributed by atoms with Gasteiger partial charge in [-0.15, -0.1) is 0 Å². The van der Waals surface area contributed by atoms with Crippen molar-refractivity contribution in [2.75, 3.05) is 0 Å². The molecule has 1 rings (SSSR count). The SMILES string of the molecule is CC(C)(N)C(=O)NNC(=O)c1cccnc1. The molecule has 0 unspecified atom stereocenters. The number of carbonyl (C=O) groups excluding carboxylic acids is 2. The molecule has 0 radical (unpaired) electrons. The first-order valence-corrected chi connectivity index (χ1v) is 4.71. The Bertz CT molecular complexity index is 384. The van der Waals surface area contributed by atoms with E-state index in [-0.39, 0.29) is 0 Å². The van der Waals surface area contributed by atoms with Crippen LogP contribution in [0.3, 0.4) is 0 Å². The number of hydrogen-bond acceptors (Lipinski definition) is 4. The molecule has 0 aliphatic carbocycles. The van der Waals surface area contributed by atoms with Crippen LogP contribution in [0.1, 0.15) is 24.2 Å². The molecule has 0 saturated heterocycles. The van der Waals surface area contributed by atoms with Gasteiger partial charge in [0.15, 0.2) is 0 Å². The van der Waals surface area contributed by atoms with Gasteiger partial charge >= 0.3 is 0 Å². The molecule has 0 aromatic carbocycles. The van der Waals surface area contributed by atoms with Crippen LogP contribution in [0, 0.1) is 0 Å². The van der Waals surface area contributed by atoms with E-state index in [0.717, 1.165) is 0 Å². The van der Waals surface area contributed by atoms with Gasteiger partial charge in [-0.05, 0) is 26.0 Å². The normalized spacial score (nSPS) is 10.7. The topological polar surface area (TPSA) is 97.1 Å². The maximum atomic E-state index is 11.5. The van der Waals surface area contributed by atoms with Crippen LogP contribution in [0.5, 0.6) is 0 Å². The summed E-state index contributed by atoms with van der Waals surface area (Å²) in [5.41, 5.74) is 9.32. The first kappa shape index (κ1) is 12.1. The molecule has 6 heteroatoms. The molecule has 16 heavy (non-hydrogen) atoms. The molecule has 1 heterocycles. The highest BCUT2D eigenvalue weighted by atomic mass is 16.2. The largest absolute Gasteiger partial charge is 0.318 e. The molecule has 0 saturated carbocycles. The highest BCUT2D eigenvalue weighted by Crippen LogP contribution is 1.96. The minimum atomic E-state index is -1.04. The molecular formula is C10H14N4O2. The molecule has 0 fully saturated rings. The molecular weight excluding hydrogens is 208 g/mol. The van der Waals surface area contributed by atoms with Crippen molar-refractivity contribution in [3.63, 3.8) is 0 Å². The molecule has 0 aliphatic heterocycles. The molecule has 2 amide bonds. The second-order valence-electron chi connectivity index (χ2n) is 3.87. The lowest BCUT2D eigenvalue weighted by molar-refractivity contribution is -0.126. The van der Waals surface area contributed by atoms with Crippen molar-refractivity contribution in [1.82, 2.24) is 15.8 Å². The van der Waals surface area contributed by atoms with Crippen molar-refractivity contribution < 1.29 is 9.59 Å². The van der Waals surface area contributed by atoms with E-state index in [2.05, 4.69) is 15.8 Å². The summed E-state index contributed by atoms with van der Waals surface area (Å²) in [5, 5.41) is 0. The zero-order valence-corrected chi connectivity index (χ0v) is 9.15. The van der Waals surface area contributed by atoms with Crippen molar-refractivity contribution in [3.05, 3.63) is 30.1 Å². The fourth-order valence-corrected chi connectivity index (χ4v) is 0.844. The Hall–Kier alpha value is -1.95. The monoisotopic (exact) mass is 222 g/mol. The molecule has 1 aromatic heterocycles. The number of rotatable bonds is 2. The van der Waals surface area contributed by atoms with Gasteiger partial charge in [0.2, 0.25) is 0 Å². The fourth-order valence-electron chi connectivity index (χ4n) is 0.844. The highest BCUT2D eigenvalue weighted by Gasteiger charge is 2.22. The Morgan fingerprint density at radius 3 is 2.56 bits per heavy atom. The molecule has 0 aliphatic rings. The summed E-state index contributed by atoms with van der Waals surface area (Å²) in [6.07, 6.45) is 2.95. The number of hydrazine groups is 1. The van der Waals surface area contributed by atoms with Crippen LogP contribution in [-0.2, 0) is 4.79 Å². The summed E-state index contributed by atoms with van der Waals surface area (Å²) in [4.78, 5) is 26.6. The van der Waals surface area contributed by atoms with Crippen LogP contribution in [0.4, 0.5) is 0 Å². The summed E-state index contributed by atoms with van der Waals surface area (Å²) in [6.45, 7) is 3.08. The Balaban J connectivity index is 2.52. The first-order chi connectivity index (χ1) is 7.41. The predicted octanol–water partition coefficient (Wildman–Crippen LogP) is -0.420. The maximum Gasteiger partial charge on any atom is 0.271 e. The van der Waals surface area contributed by atoms with Gasteiger partial charge < -0.3 is 5.73 Å². The van der Waals surface area contributed by atoms with Crippen LogP contribution < -0.4 is 16.6 Å². The van der Waals surface area contributed by atoms with Crippen molar-refractivity contribution in [1.29, 1.82) is 0 Å². The fraction of sp³-hybridized carbons (Fsp3) is 0.300. The van der Waals surface area contributed by atoms with E-state index in [4.69, 9.17) is 5.73 Å². The van der Waals surface area contributed by atoms with Crippen LogP contribution in [0.15, 0.2) is 24.5 Å². The lowest BCUT2D eigenvalue weighted by Gasteiger charge is -2.17. The number of nitrogens with one attached hydrogen (secondary N) is 2. The van der Waals surface area contributed by atoms with Crippen LogP contribution in [0.25, 0.3) is 0 Å². The Labute approximate surface area is 93.2 Å². The second kappa shape index (κ2) is 4.71. The van der Waals surface area contributed by atoms with E-state index in [0.29, 0.717) is 5.56 Å². The smallest absolute Gasteiger partial charge is 0.271 e. The van der Waals surface area contributed by atoms with E-state index < -0.39 is 17.4 Å². The molecule has 0 spiro atoms. The van der Waals surface area contributed by atoms with Crippen LogP contribution in [0.2, 0.25) is 0 Å². The minimum Gasteiger partial charge on any atom is -0.318 e. The zero-order chi connectivity index (χ0) is 12.2. The number of pyridine rings is 1. The lowest BCUT2D eigenvalue weighted by Crippen LogP contribution is -2.54. The van der Waals surface area contributed by atoms with Gasteiger partial charge in [-0.2, -0.15) is 0 Å². The summed E-state index contributed by atoms with van der Waals surface area (Å²) in [5.74, 6) is -0.907. The molecule has 86 valence electrons.